The first kappa shape index (κ1) is 25.0. The Hall–Kier alpha value is -2.00. The van der Waals surface area contributed by atoms with Gasteiger partial charge in [-0.1, -0.05) is 13.8 Å². The van der Waals surface area contributed by atoms with Crippen LogP contribution in [0.25, 0.3) is 0 Å². The Morgan fingerprint density at radius 1 is 0.926 bits per heavy atom. The van der Waals surface area contributed by atoms with Gasteiger partial charge in [0.1, 0.15) is 0 Å². The first-order valence-electron chi connectivity index (χ1n) is 9.26. The molecule has 9 heteroatoms. The van der Waals surface area contributed by atoms with E-state index in [-0.39, 0.29) is 32.1 Å². The van der Waals surface area contributed by atoms with Crippen molar-refractivity contribution in [2.45, 2.75) is 71.5 Å². The van der Waals surface area contributed by atoms with Crippen molar-refractivity contribution < 1.29 is 29.4 Å². The molecule has 0 aliphatic heterocycles. The van der Waals surface area contributed by atoms with Crippen LogP contribution < -0.4 is 16.8 Å². The van der Waals surface area contributed by atoms with E-state index in [1.54, 1.807) is 13.8 Å². The van der Waals surface area contributed by atoms with Gasteiger partial charge in [-0.15, -0.1) is 0 Å². The average Bonchev–Trinajstić information content (AvgIpc) is 2.56. The molecule has 0 aromatic heterocycles. The normalized spacial score (nSPS) is 16.6. The van der Waals surface area contributed by atoms with E-state index in [4.69, 9.17) is 11.5 Å². The molecule has 0 spiro atoms. The van der Waals surface area contributed by atoms with Crippen molar-refractivity contribution in [1.29, 1.82) is 0 Å². The van der Waals surface area contributed by atoms with Gasteiger partial charge in [0.2, 0.25) is 23.6 Å². The second-order valence-corrected chi connectivity index (χ2v) is 7.17. The van der Waals surface area contributed by atoms with Crippen molar-refractivity contribution in [2.75, 3.05) is 0 Å². The summed E-state index contributed by atoms with van der Waals surface area (Å²) in [6, 6.07) is 0. The van der Waals surface area contributed by atoms with Crippen molar-refractivity contribution in [3.8, 4) is 0 Å². The zero-order valence-corrected chi connectivity index (χ0v) is 16.3. The molecule has 0 saturated heterocycles. The van der Waals surface area contributed by atoms with Gasteiger partial charge in [-0.3, -0.25) is 24.5 Å². The van der Waals surface area contributed by atoms with Gasteiger partial charge in [-0.05, 0) is 39.0 Å². The van der Waals surface area contributed by atoms with Crippen molar-refractivity contribution in [1.82, 2.24) is 5.32 Å². The van der Waals surface area contributed by atoms with Gasteiger partial charge in [0, 0.05) is 24.2 Å². The minimum atomic E-state index is -0.755. The molecule has 7 N–H and O–H groups in total. The molecule has 5 atom stereocenters. The van der Waals surface area contributed by atoms with Crippen LogP contribution >= 0.6 is 0 Å². The molecule has 156 valence electrons. The Labute approximate surface area is 159 Å². The van der Waals surface area contributed by atoms with Crippen LogP contribution in [0.4, 0.5) is 0 Å². The predicted molar refractivity (Wildman–Crippen MR) is 98.7 cm³/mol. The van der Waals surface area contributed by atoms with E-state index in [1.165, 1.54) is 6.92 Å². The Kier molecular flexibility index (Phi) is 11.5. The molecule has 27 heavy (non-hydrogen) atoms. The van der Waals surface area contributed by atoms with Gasteiger partial charge in [0.25, 0.3) is 0 Å². The Morgan fingerprint density at radius 3 is 1.96 bits per heavy atom. The smallest absolute Gasteiger partial charge is 0.229 e. The highest BCUT2D eigenvalue weighted by molar-refractivity contribution is 5.96. The molecule has 0 bridgehead atoms. The zero-order valence-electron chi connectivity index (χ0n) is 16.3. The highest BCUT2D eigenvalue weighted by atomic mass is 16.3. The Morgan fingerprint density at radius 2 is 1.52 bits per heavy atom. The lowest BCUT2D eigenvalue weighted by Gasteiger charge is -2.20. The summed E-state index contributed by atoms with van der Waals surface area (Å²) >= 11 is 0. The molecule has 4 amide bonds. The topological polar surface area (TPSA) is 173 Å². The predicted octanol–water partition coefficient (Wildman–Crippen LogP) is -0.429. The summed E-state index contributed by atoms with van der Waals surface area (Å²) in [6.45, 7) is 4.86. The van der Waals surface area contributed by atoms with Crippen LogP contribution in [0.5, 0.6) is 0 Å². The number of hydrogen-bond donors (Lipinski definition) is 5. The molecule has 0 fully saturated rings. The number of primary amides is 2. The van der Waals surface area contributed by atoms with Crippen molar-refractivity contribution in [3.63, 3.8) is 0 Å². The second kappa shape index (κ2) is 12.4. The van der Waals surface area contributed by atoms with Crippen LogP contribution in [-0.4, -0.2) is 46.0 Å². The number of carbonyl (C=O) groups excluding carboxylic acids is 4. The molecular weight excluding hydrogens is 354 g/mol. The van der Waals surface area contributed by atoms with Crippen LogP contribution in [0.2, 0.25) is 0 Å². The highest BCUT2D eigenvalue weighted by Crippen LogP contribution is 2.18. The van der Waals surface area contributed by atoms with Crippen LogP contribution in [-0.2, 0) is 19.2 Å². The maximum absolute atomic E-state index is 12.3. The SMILES string of the molecule is CCC(O)CC(CC(C)O)C(=O)NC(=O)CCC(CC(C)C(N)=O)C(N)=O. The second-order valence-electron chi connectivity index (χ2n) is 7.17. The van der Waals surface area contributed by atoms with Gasteiger partial charge < -0.3 is 21.7 Å². The number of nitrogens with two attached hydrogens (primary N) is 2. The van der Waals surface area contributed by atoms with Crippen LogP contribution in [0.15, 0.2) is 0 Å². The summed E-state index contributed by atoms with van der Waals surface area (Å²) < 4.78 is 0. The van der Waals surface area contributed by atoms with E-state index in [0.29, 0.717) is 6.42 Å². The van der Waals surface area contributed by atoms with Crippen molar-refractivity contribution >= 4 is 23.6 Å². The van der Waals surface area contributed by atoms with Crippen LogP contribution in [0.3, 0.4) is 0 Å². The van der Waals surface area contributed by atoms with Gasteiger partial charge in [-0.2, -0.15) is 0 Å². The summed E-state index contributed by atoms with van der Waals surface area (Å²) in [5.74, 6) is -4.32. The van der Waals surface area contributed by atoms with Crippen molar-refractivity contribution in [2.24, 2.45) is 29.2 Å². The lowest BCUT2D eigenvalue weighted by molar-refractivity contribution is -0.134. The number of hydrogen-bond acceptors (Lipinski definition) is 6. The maximum atomic E-state index is 12.3. The fourth-order valence-electron chi connectivity index (χ4n) is 2.74. The summed E-state index contributed by atoms with van der Waals surface area (Å²) in [7, 11) is 0. The quantitative estimate of drug-likeness (QED) is 0.287. The van der Waals surface area contributed by atoms with E-state index in [9.17, 15) is 29.4 Å². The molecule has 0 aromatic carbocycles. The standard InChI is InChI=1S/C18H33N3O6/c1-4-14(23)9-13(8-11(3)22)18(27)21-15(24)6-5-12(17(20)26)7-10(2)16(19)25/h10-14,22-23H,4-9H2,1-3H3,(H2,19,25)(H2,20,26)(H,21,24,27). The van der Waals surface area contributed by atoms with E-state index in [2.05, 4.69) is 5.32 Å². The molecule has 0 heterocycles. The summed E-state index contributed by atoms with van der Waals surface area (Å²) in [5, 5.41) is 21.5. The van der Waals surface area contributed by atoms with Crippen LogP contribution in [0.1, 0.15) is 59.3 Å². The number of aliphatic hydroxyl groups excluding tert-OH is 2. The molecule has 9 nitrogen and oxygen atoms in total. The minimum absolute atomic E-state index is 0.0880. The average molecular weight is 387 g/mol. The van der Waals surface area contributed by atoms with Gasteiger partial charge >= 0.3 is 0 Å². The minimum Gasteiger partial charge on any atom is -0.393 e. The number of rotatable bonds is 13. The molecule has 0 rings (SSSR count). The summed E-state index contributed by atoms with van der Waals surface area (Å²) in [6.07, 6.45) is -0.641. The first-order valence-corrected chi connectivity index (χ1v) is 9.26. The number of carbonyl (C=O) groups is 4. The van der Waals surface area contributed by atoms with Gasteiger partial charge in [0.15, 0.2) is 0 Å². The van der Waals surface area contributed by atoms with E-state index in [1.807, 2.05) is 0 Å². The summed E-state index contributed by atoms with van der Waals surface area (Å²) in [4.78, 5) is 46.9. The molecule has 0 aliphatic carbocycles. The number of imide groups is 1. The van der Waals surface area contributed by atoms with Crippen LogP contribution in [0, 0.1) is 17.8 Å². The molecule has 0 saturated carbocycles. The monoisotopic (exact) mass is 387 g/mol. The molecular formula is C18H33N3O6. The third kappa shape index (κ3) is 10.7. The van der Waals surface area contributed by atoms with Gasteiger partial charge in [0.05, 0.1) is 12.2 Å². The Bertz CT molecular complexity index is 523. The Balaban J connectivity index is 4.71. The van der Waals surface area contributed by atoms with E-state index in [0.717, 1.165) is 0 Å². The first-order chi connectivity index (χ1) is 12.5. The molecule has 0 aromatic rings. The molecule has 0 aliphatic rings. The van der Waals surface area contributed by atoms with E-state index >= 15 is 0 Å². The fourth-order valence-corrected chi connectivity index (χ4v) is 2.74. The summed E-state index contributed by atoms with van der Waals surface area (Å²) in [5.41, 5.74) is 10.5. The maximum Gasteiger partial charge on any atom is 0.229 e. The number of nitrogens with one attached hydrogen (secondary N) is 1. The lowest BCUT2D eigenvalue weighted by atomic mass is 9.90. The zero-order chi connectivity index (χ0) is 21.1. The largest absolute Gasteiger partial charge is 0.393 e. The number of aliphatic hydroxyl groups is 2. The van der Waals surface area contributed by atoms with Crippen molar-refractivity contribution in [3.05, 3.63) is 0 Å². The fraction of sp³-hybridized carbons (Fsp3) is 0.778. The third-order valence-electron chi connectivity index (χ3n) is 4.53. The molecule has 0 radical (unpaired) electrons. The highest BCUT2D eigenvalue weighted by Gasteiger charge is 2.26. The lowest BCUT2D eigenvalue weighted by Crippen LogP contribution is -2.38. The third-order valence-corrected chi connectivity index (χ3v) is 4.53. The molecule has 5 unspecified atom stereocenters. The van der Waals surface area contributed by atoms with Gasteiger partial charge in [-0.25, -0.2) is 0 Å². The van der Waals surface area contributed by atoms with E-state index < -0.39 is 53.6 Å². The number of amides is 4.